The van der Waals surface area contributed by atoms with E-state index in [-0.39, 0.29) is 32.7 Å². The van der Waals surface area contributed by atoms with Gasteiger partial charge in [-0.2, -0.15) is 0 Å². The summed E-state index contributed by atoms with van der Waals surface area (Å²) in [6.45, 7) is 6.00. The summed E-state index contributed by atoms with van der Waals surface area (Å²) in [7, 11) is 10.0. The van der Waals surface area contributed by atoms with Crippen LogP contribution in [0.1, 0.15) is 16.7 Å². The van der Waals surface area contributed by atoms with E-state index in [1.165, 1.54) is 4.90 Å². The van der Waals surface area contributed by atoms with Crippen LogP contribution in [-0.2, 0) is 32.7 Å². The Morgan fingerprint density at radius 1 is 1.04 bits per heavy atom. The fourth-order valence-corrected chi connectivity index (χ4v) is 2.23. The van der Waals surface area contributed by atoms with E-state index >= 15 is 0 Å². The van der Waals surface area contributed by atoms with E-state index in [0.29, 0.717) is 0 Å². The van der Waals surface area contributed by atoms with Crippen molar-refractivity contribution in [3.8, 4) is 11.5 Å². The second-order valence-corrected chi connectivity index (χ2v) is 5.30. The number of amides is 1. The van der Waals surface area contributed by atoms with Gasteiger partial charge < -0.3 is 14.4 Å². The molecule has 0 aliphatic heterocycles. The second kappa shape index (κ2) is 11.3. The molecule has 0 saturated carbocycles. The summed E-state index contributed by atoms with van der Waals surface area (Å²) < 4.78 is 10.5. The maximum atomic E-state index is 10.6. The van der Waals surface area contributed by atoms with Crippen molar-refractivity contribution in [3.63, 3.8) is 0 Å². The van der Waals surface area contributed by atoms with E-state index in [1.807, 2.05) is 51.1 Å². The van der Waals surface area contributed by atoms with Crippen molar-refractivity contribution >= 4 is 19.3 Å². The zero-order valence-corrected chi connectivity index (χ0v) is 18.6. The number of ether oxygens (including phenoxy) is 2. The second-order valence-electron chi connectivity index (χ2n) is 5.30. The SMILES string of the molecule is COc1[c-]c(C)c(OC)c(C)c1C.[B]C(=O)N(C)c1ccccc1.[Y]. The number of carbonyl (C=O) groups excluding carboxylic acids is 1. The first-order valence-electron chi connectivity index (χ1n) is 7.52. The van der Waals surface area contributed by atoms with Gasteiger partial charge in [-0.3, -0.25) is 4.79 Å². The molecule has 1 amide bonds. The Morgan fingerprint density at radius 2 is 1.60 bits per heavy atom. The van der Waals surface area contributed by atoms with Crippen LogP contribution < -0.4 is 14.4 Å². The van der Waals surface area contributed by atoms with Crippen LogP contribution in [0.5, 0.6) is 11.5 Å². The van der Waals surface area contributed by atoms with Gasteiger partial charge in [0.1, 0.15) is 0 Å². The van der Waals surface area contributed by atoms with Crippen molar-refractivity contribution in [2.24, 2.45) is 0 Å². The zero-order valence-electron chi connectivity index (χ0n) is 15.7. The molecule has 0 fully saturated rings. The van der Waals surface area contributed by atoms with E-state index in [0.717, 1.165) is 33.9 Å². The van der Waals surface area contributed by atoms with Gasteiger partial charge in [0.15, 0.2) is 5.81 Å². The van der Waals surface area contributed by atoms with Crippen molar-refractivity contribution in [2.45, 2.75) is 20.8 Å². The number of nitrogens with zero attached hydrogens (tertiary/aromatic N) is 1. The molecule has 4 nitrogen and oxygen atoms in total. The van der Waals surface area contributed by atoms with Gasteiger partial charge in [-0.25, -0.2) is 0 Å². The molecule has 0 aliphatic carbocycles. The molecule has 0 aliphatic rings. The molecule has 0 bridgehead atoms. The average molecular weight is 413 g/mol. The summed E-state index contributed by atoms with van der Waals surface area (Å²) in [5.74, 6) is 1.25. The number of para-hydroxylation sites is 1. The molecule has 129 valence electrons. The largest absolute Gasteiger partial charge is 0.554 e. The molecule has 0 atom stereocenters. The smallest absolute Gasteiger partial charge is 0.201 e. The Balaban J connectivity index is 0.000000449. The Bertz CT molecular complexity index is 693. The number of anilines is 1. The fraction of sp³-hybridized carbons (Fsp3) is 0.316. The molecule has 3 radical (unpaired) electrons. The molecule has 25 heavy (non-hydrogen) atoms. The van der Waals surface area contributed by atoms with E-state index in [9.17, 15) is 4.79 Å². The molecule has 2 aromatic carbocycles. The topological polar surface area (TPSA) is 38.8 Å². The predicted molar refractivity (Wildman–Crippen MR) is 98.6 cm³/mol. The number of benzene rings is 2. The van der Waals surface area contributed by atoms with Crippen molar-refractivity contribution in [1.29, 1.82) is 0 Å². The number of hydrogen-bond donors (Lipinski definition) is 0. The molecule has 2 rings (SSSR count). The monoisotopic (exact) mass is 413 g/mol. The quantitative estimate of drug-likeness (QED) is 0.567. The van der Waals surface area contributed by atoms with Crippen molar-refractivity contribution in [1.82, 2.24) is 0 Å². The van der Waals surface area contributed by atoms with Crippen LogP contribution in [0.2, 0.25) is 0 Å². The van der Waals surface area contributed by atoms with Gasteiger partial charge in [-0.1, -0.05) is 39.0 Å². The fourth-order valence-electron chi connectivity index (χ4n) is 2.23. The average Bonchev–Trinajstić information content (AvgIpc) is 2.59. The Morgan fingerprint density at radius 3 is 2.04 bits per heavy atom. The standard InChI is InChI=1S/C11H15O2.C8H8BNO.Y/c1-7-6-10(12-4)8(2)9(3)11(7)13-5;1-10(8(9)11)7-5-3-2-4-6-7;/h1-5H3;2-6H,1H3;/q-1;;. The molecule has 0 saturated heterocycles. The van der Waals surface area contributed by atoms with Gasteiger partial charge in [0.2, 0.25) is 7.85 Å². The third kappa shape index (κ3) is 6.48. The van der Waals surface area contributed by atoms with Gasteiger partial charge in [-0.05, 0) is 12.1 Å². The van der Waals surface area contributed by atoms with Gasteiger partial charge in [0.25, 0.3) is 0 Å². The van der Waals surface area contributed by atoms with Crippen LogP contribution in [0.3, 0.4) is 0 Å². The number of hydrogen-bond acceptors (Lipinski definition) is 3. The summed E-state index contributed by atoms with van der Waals surface area (Å²) >= 11 is 0. The summed E-state index contributed by atoms with van der Waals surface area (Å²) in [5.41, 5.74) is 4.00. The molecule has 0 heterocycles. The van der Waals surface area contributed by atoms with Crippen LogP contribution in [0, 0.1) is 26.8 Å². The number of carbonyl (C=O) groups is 1. The van der Waals surface area contributed by atoms with Crippen LogP contribution in [0.25, 0.3) is 0 Å². The van der Waals surface area contributed by atoms with Gasteiger partial charge in [0, 0.05) is 56.9 Å². The van der Waals surface area contributed by atoms with E-state index in [2.05, 4.69) is 6.07 Å². The van der Waals surface area contributed by atoms with Crippen LogP contribution in [-0.4, -0.2) is 34.9 Å². The van der Waals surface area contributed by atoms with Gasteiger partial charge >= 0.3 is 0 Å². The predicted octanol–water partition coefficient (Wildman–Crippen LogP) is 3.84. The summed E-state index contributed by atoms with van der Waals surface area (Å²) in [6, 6.07) is 12.4. The Labute approximate surface area is 177 Å². The number of rotatable bonds is 3. The molecule has 2 aromatic rings. The molecule has 0 N–H and O–H groups in total. The first-order valence-corrected chi connectivity index (χ1v) is 7.52. The maximum absolute atomic E-state index is 10.6. The van der Waals surface area contributed by atoms with Crippen LogP contribution in [0.15, 0.2) is 30.3 Å². The maximum Gasteiger partial charge on any atom is 0.201 e. The third-order valence-corrected chi connectivity index (χ3v) is 3.77. The van der Waals surface area contributed by atoms with Crippen molar-refractivity contribution in [3.05, 3.63) is 53.1 Å². The molecule has 0 aromatic heterocycles. The van der Waals surface area contributed by atoms with Gasteiger partial charge in [0.05, 0.1) is 14.2 Å². The minimum atomic E-state index is -0.448. The molecular weight excluding hydrogens is 390 g/mol. The van der Waals surface area contributed by atoms with Crippen molar-refractivity contribution in [2.75, 3.05) is 26.2 Å². The minimum Gasteiger partial charge on any atom is -0.554 e. The number of aryl methyl sites for hydroxylation is 1. The molecule has 0 spiro atoms. The molecule has 6 heteroatoms. The zero-order chi connectivity index (χ0) is 18.3. The van der Waals surface area contributed by atoms with Crippen LogP contribution >= 0.6 is 0 Å². The molecule has 0 unspecified atom stereocenters. The summed E-state index contributed by atoms with van der Waals surface area (Å²) in [5, 5.41) is 0. The minimum absolute atomic E-state index is 0. The molecular formula is C19H23BNO3Y-. The Hall–Kier alpha value is -1.32. The first-order chi connectivity index (χ1) is 11.3. The summed E-state index contributed by atoms with van der Waals surface area (Å²) in [4.78, 5) is 12.0. The van der Waals surface area contributed by atoms with E-state index in [1.54, 1.807) is 21.3 Å². The number of methoxy groups -OCH3 is 2. The van der Waals surface area contributed by atoms with E-state index in [4.69, 9.17) is 17.3 Å². The van der Waals surface area contributed by atoms with Gasteiger partial charge in [-0.15, -0.1) is 22.8 Å². The van der Waals surface area contributed by atoms with Crippen LogP contribution in [0.4, 0.5) is 10.5 Å². The normalized spacial score (nSPS) is 9.20. The Kier molecular flexibility index (Phi) is 10.7. The van der Waals surface area contributed by atoms with E-state index < -0.39 is 5.81 Å². The summed E-state index contributed by atoms with van der Waals surface area (Å²) in [6.07, 6.45) is 0. The van der Waals surface area contributed by atoms with Crippen molar-refractivity contribution < 1.29 is 47.0 Å². The third-order valence-electron chi connectivity index (χ3n) is 3.77. The first kappa shape index (κ1) is 23.7.